The number of thioether (sulfide) groups is 1. The van der Waals surface area contributed by atoms with Crippen molar-refractivity contribution in [1.82, 2.24) is 14.4 Å². The van der Waals surface area contributed by atoms with Gasteiger partial charge >= 0.3 is 6.36 Å². The van der Waals surface area contributed by atoms with Gasteiger partial charge in [-0.25, -0.2) is 4.98 Å². The largest absolute Gasteiger partial charge is 0.573 e. The molecule has 2 aromatic heterocycles. The highest BCUT2D eigenvalue weighted by molar-refractivity contribution is 7.98. The second-order valence-electron chi connectivity index (χ2n) is 8.54. The molecule has 182 valence electrons. The Morgan fingerprint density at radius 3 is 2.65 bits per heavy atom. The SMILES string of the molecule is CSc1nc2c(-c3ccc(OC(F)(F)F)cc3Cl)nccn2c1N(CC1CC1)C1CCOCC1. The normalized spacial score (nSPS) is 17.3. The maximum atomic E-state index is 12.6. The fourth-order valence-corrected chi connectivity index (χ4v) is 5.24. The summed E-state index contributed by atoms with van der Waals surface area (Å²) in [5.74, 6) is 1.33. The van der Waals surface area contributed by atoms with Crippen LogP contribution >= 0.6 is 23.4 Å². The van der Waals surface area contributed by atoms with Crippen molar-refractivity contribution in [1.29, 1.82) is 0 Å². The third-order valence-electron chi connectivity index (χ3n) is 6.16. The number of fused-ring (bicyclic) bond motifs is 1. The van der Waals surface area contributed by atoms with Crippen molar-refractivity contribution in [3.8, 4) is 17.0 Å². The molecule has 2 fully saturated rings. The number of anilines is 1. The molecule has 6 nitrogen and oxygen atoms in total. The highest BCUT2D eigenvalue weighted by Crippen LogP contribution is 2.40. The second-order valence-corrected chi connectivity index (χ2v) is 9.75. The minimum atomic E-state index is -4.79. The van der Waals surface area contributed by atoms with E-state index in [4.69, 9.17) is 21.3 Å². The van der Waals surface area contributed by atoms with Crippen molar-refractivity contribution < 1.29 is 22.6 Å². The van der Waals surface area contributed by atoms with E-state index in [-0.39, 0.29) is 10.8 Å². The number of nitrogens with zero attached hydrogens (tertiary/aromatic N) is 4. The van der Waals surface area contributed by atoms with Crippen molar-refractivity contribution in [2.45, 2.75) is 43.1 Å². The van der Waals surface area contributed by atoms with Gasteiger partial charge in [-0.1, -0.05) is 11.6 Å². The van der Waals surface area contributed by atoms with Crippen LogP contribution in [0.4, 0.5) is 19.0 Å². The van der Waals surface area contributed by atoms with Gasteiger partial charge in [-0.2, -0.15) is 0 Å². The predicted octanol–water partition coefficient (Wildman–Crippen LogP) is 6.07. The zero-order valence-electron chi connectivity index (χ0n) is 18.5. The summed E-state index contributed by atoms with van der Waals surface area (Å²) in [6.07, 6.45) is 5.15. The molecular weight excluding hydrogens is 489 g/mol. The first kappa shape index (κ1) is 23.6. The fraction of sp³-hybridized carbons (Fsp3) is 0.478. The third kappa shape index (κ3) is 4.94. The molecule has 3 heterocycles. The average molecular weight is 513 g/mol. The Morgan fingerprint density at radius 1 is 1.24 bits per heavy atom. The van der Waals surface area contributed by atoms with E-state index in [2.05, 4.69) is 14.6 Å². The first-order valence-corrected chi connectivity index (χ1v) is 12.8. The Balaban J connectivity index is 1.58. The molecule has 0 unspecified atom stereocenters. The van der Waals surface area contributed by atoms with E-state index in [1.165, 1.54) is 25.0 Å². The van der Waals surface area contributed by atoms with Crippen LogP contribution in [0.15, 0.2) is 35.6 Å². The summed E-state index contributed by atoms with van der Waals surface area (Å²) >= 11 is 7.95. The summed E-state index contributed by atoms with van der Waals surface area (Å²) in [6.45, 7) is 2.45. The highest BCUT2D eigenvalue weighted by Gasteiger charge is 2.34. The number of alkyl halides is 3. The smallest absolute Gasteiger partial charge is 0.406 e. The lowest BCUT2D eigenvalue weighted by molar-refractivity contribution is -0.274. The molecule has 3 aromatic rings. The molecule has 0 spiro atoms. The van der Waals surface area contributed by atoms with Crippen LogP contribution in [-0.2, 0) is 4.74 Å². The van der Waals surface area contributed by atoms with Gasteiger partial charge in [0.1, 0.15) is 22.3 Å². The zero-order chi connectivity index (χ0) is 23.9. The lowest BCUT2D eigenvalue weighted by Gasteiger charge is -2.36. The standard InChI is InChI=1S/C23H24ClF3N4O2S/c1-34-21-22(31(13-14-2-3-14)15-6-10-32-11-7-15)30-9-8-28-19(20(30)29-21)17-5-4-16(12-18(17)24)33-23(25,26)27/h4-5,8-9,12,14-15H,2-3,6-7,10-11,13H2,1H3. The molecule has 1 aliphatic heterocycles. The quantitative estimate of drug-likeness (QED) is 0.358. The van der Waals surface area contributed by atoms with E-state index >= 15 is 0 Å². The predicted molar refractivity (Wildman–Crippen MR) is 126 cm³/mol. The minimum absolute atomic E-state index is 0.108. The van der Waals surface area contributed by atoms with Crippen molar-refractivity contribution in [3.05, 3.63) is 35.6 Å². The second kappa shape index (κ2) is 9.47. The maximum absolute atomic E-state index is 12.6. The zero-order valence-corrected chi connectivity index (χ0v) is 20.1. The number of imidazole rings is 1. The Morgan fingerprint density at radius 2 is 2.00 bits per heavy atom. The average Bonchev–Trinajstić information content (AvgIpc) is 3.55. The minimum Gasteiger partial charge on any atom is -0.406 e. The lowest BCUT2D eigenvalue weighted by atomic mass is 10.1. The number of hydrogen-bond donors (Lipinski definition) is 0. The molecule has 34 heavy (non-hydrogen) atoms. The number of benzene rings is 1. The van der Waals surface area contributed by atoms with Crippen molar-refractivity contribution in [2.75, 3.05) is 30.9 Å². The number of aromatic nitrogens is 3. The Kier molecular flexibility index (Phi) is 6.56. The summed E-state index contributed by atoms with van der Waals surface area (Å²) in [5, 5.41) is 0.992. The van der Waals surface area contributed by atoms with Crippen LogP contribution in [0.1, 0.15) is 25.7 Å². The van der Waals surface area contributed by atoms with Gasteiger partial charge in [-0.05, 0) is 56.1 Å². The summed E-state index contributed by atoms with van der Waals surface area (Å²) in [6, 6.07) is 4.23. The molecule has 0 atom stereocenters. The van der Waals surface area contributed by atoms with Crippen LogP contribution in [0.5, 0.6) is 5.75 Å². The van der Waals surface area contributed by atoms with Crippen LogP contribution in [-0.4, -0.2) is 52.8 Å². The molecule has 1 aromatic carbocycles. The van der Waals surface area contributed by atoms with E-state index in [0.29, 0.717) is 28.9 Å². The monoisotopic (exact) mass is 512 g/mol. The van der Waals surface area contributed by atoms with E-state index < -0.39 is 6.36 Å². The summed E-state index contributed by atoms with van der Waals surface area (Å²) in [5.41, 5.74) is 1.61. The van der Waals surface area contributed by atoms with Crippen molar-refractivity contribution in [2.24, 2.45) is 5.92 Å². The van der Waals surface area contributed by atoms with Crippen molar-refractivity contribution in [3.63, 3.8) is 0 Å². The molecule has 1 saturated carbocycles. The van der Waals surface area contributed by atoms with Crippen LogP contribution < -0.4 is 9.64 Å². The lowest BCUT2D eigenvalue weighted by Crippen LogP contribution is -2.41. The highest BCUT2D eigenvalue weighted by atomic mass is 35.5. The maximum Gasteiger partial charge on any atom is 0.573 e. The Hall–Kier alpha value is -2.17. The molecule has 0 bridgehead atoms. The van der Waals surface area contributed by atoms with Gasteiger partial charge in [-0.15, -0.1) is 24.9 Å². The van der Waals surface area contributed by atoms with Crippen LogP contribution in [0.25, 0.3) is 16.9 Å². The van der Waals surface area contributed by atoms with E-state index in [1.54, 1.807) is 18.0 Å². The molecular formula is C23H24ClF3N4O2S. The summed E-state index contributed by atoms with van der Waals surface area (Å²) < 4.78 is 49.5. The number of ether oxygens (including phenoxy) is 2. The number of rotatable bonds is 7. The van der Waals surface area contributed by atoms with Gasteiger partial charge in [0.15, 0.2) is 5.65 Å². The first-order chi connectivity index (χ1) is 16.3. The van der Waals surface area contributed by atoms with Crippen molar-refractivity contribution >= 4 is 34.8 Å². The fourth-order valence-electron chi connectivity index (χ4n) is 4.40. The van der Waals surface area contributed by atoms with Crippen LogP contribution in [0.2, 0.25) is 5.02 Å². The molecule has 0 radical (unpaired) electrons. The molecule has 5 rings (SSSR count). The molecule has 1 saturated heterocycles. The summed E-state index contributed by atoms with van der Waals surface area (Å²) in [7, 11) is 0. The van der Waals surface area contributed by atoms with Gasteiger partial charge in [0.25, 0.3) is 0 Å². The van der Waals surface area contributed by atoms with E-state index in [1.807, 2.05) is 16.9 Å². The van der Waals surface area contributed by atoms with Gasteiger partial charge in [0.05, 0.1) is 5.02 Å². The van der Waals surface area contributed by atoms with Gasteiger partial charge in [-0.3, -0.25) is 9.38 Å². The van der Waals surface area contributed by atoms with Crippen LogP contribution in [0.3, 0.4) is 0 Å². The molecule has 1 aliphatic carbocycles. The molecule has 0 amide bonds. The molecule has 11 heteroatoms. The molecule has 2 aliphatic rings. The number of hydrogen-bond acceptors (Lipinski definition) is 6. The number of halogens is 4. The molecule has 0 N–H and O–H groups in total. The van der Waals surface area contributed by atoms with E-state index in [9.17, 15) is 13.2 Å². The Bertz CT molecular complexity index is 1180. The van der Waals surface area contributed by atoms with E-state index in [0.717, 1.165) is 49.5 Å². The van der Waals surface area contributed by atoms with Gasteiger partial charge < -0.3 is 14.4 Å². The Labute approximate surface area is 204 Å². The topological polar surface area (TPSA) is 51.9 Å². The third-order valence-corrected chi connectivity index (χ3v) is 7.14. The van der Waals surface area contributed by atoms with Crippen LogP contribution in [0, 0.1) is 5.92 Å². The van der Waals surface area contributed by atoms with Gasteiger partial charge in [0, 0.05) is 43.8 Å². The first-order valence-electron chi connectivity index (χ1n) is 11.1. The van der Waals surface area contributed by atoms with Gasteiger partial charge in [0.2, 0.25) is 0 Å². The summed E-state index contributed by atoms with van der Waals surface area (Å²) in [4.78, 5) is 11.9.